The Balaban J connectivity index is 1.22. The third-order valence-corrected chi connectivity index (χ3v) is 7.92. The SMILES string of the molecule is O=C(CCCC=C1C[C@H]2C[C@@H](O)[C@H](/C=C/[C@H](O)C3CCCC3)[C@H]2C1)N1CCOCC1. The molecular weight excluding hydrogens is 378 g/mol. The average Bonchev–Trinajstić information content (AvgIpc) is 3.47. The van der Waals surface area contributed by atoms with E-state index >= 15 is 0 Å². The molecule has 5 nitrogen and oxygen atoms in total. The van der Waals surface area contributed by atoms with Crippen molar-refractivity contribution in [3.05, 3.63) is 23.8 Å². The molecule has 30 heavy (non-hydrogen) atoms. The van der Waals surface area contributed by atoms with Gasteiger partial charge in [0.1, 0.15) is 0 Å². The number of carbonyl (C=O) groups is 1. The van der Waals surface area contributed by atoms with Crippen LogP contribution in [-0.4, -0.2) is 59.5 Å². The predicted octanol–water partition coefficient (Wildman–Crippen LogP) is 3.46. The van der Waals surface area contributed by atoms with Gasteiger partial charge < -0.3 is 19.8 Å². The normalized spacial score (nSPS) is 34.9. The van der Waals surface area contributed by atoms with Crippen molar-refractivity contribution in [2.24, 2.45) is 23.7 Å². The largest absolute Gasteiger partial charge is 0.392 e. The van der Waals surface area contributed by atoms with Crippen molar-refractivity contribution < 1.29 is 19.7 Å². The lowest BCUT2D eigenvalue weighted by molar-refractivity contribution is -0.135. The molecule has 0 unspecified atom stereocenters. The number of fused-ring (bicyclic) bond motifs is 1. The second-order valence-corrected chi connectivity index (χ2v) is 9.88. The summed E-state index contributed by atoms with van der Waals surface area (Å²) in [5, 5.41) is 21.0. The van der Waals surface area contributed by atoms with E-state index in [-0.39, 0.29) is 24.0 Å². The lowest BCUT2D eigenvalue weighted by atomic mass is 9.89. The van der Waals surface area contributed by atoms with Gasteiger partial charge in [0.2, 0.25) is 5.91 Å². The number of amides is 1. The molecule has 0 aromatic carbocycles. The van der Waals surface area contributed by atoms with Crippen LogP contribution in [0.2, 0.25) is 0 Å². The molecule has 1 heterocycles. The van der Waals surface area contributed by atoms with Gasteiger partial charge in [-0.3, -0.25) is 4.79 Å². The standard InChI is InChI=1S/C25H39NO4/c27-23(19-6-2-3-7-19)10-9-21-22-16-18(15-20(22)17-24(21)28)5-1-4-8-25(29)26-11-13-30-14-12-26/h5,9-10,19-24,27-28H,1-4,6-8,11-17H2/b10-9+,18-5?/t20-,21+,22-,23-,24+/m0/s1. The average molecular weight is 418 g/mol. The van der Waals surface area contributed by atoms with Crippen LogP contribution in [0.1, 0.15) is 64.2 Å². The first-order valence-electron chi connectivity index (χ1n) is 12.2. The summed E-state index contributed by atoms with van der Waals surface area (Å²) in [6, 6.07) is 0. The fraction of sp³-hybridized carbons (Fsp3) is 0.800. The number of ether oxygens (including phenoxy) is 1. The van der Waals surface area contributed by atoms with Crippen molar-refractivity contribution in [2.75, 3.05) is 26.3 Å². The minimum atomic E-state index is -0.348. The molecule has 4 fully saturated rings. The van der Waals surface area contributed by atoms with Crippen LogP contribution in [0.15, 0.2) is 23.8 Å². The maximum Gasteiger partial charge on any atom is 0.222 e. The van der Waals surface area contributed by atoms with E-state index in [1.54, 1.807) is 0 Å². The summed E-state index contributed by atoms with van der Waals surface area (Å²) in [5.74, 6) is 1.93. The minimum absolute atomic E-state index is 0.180. The number of carbonyl (C=O) groups excluding carboxylic acids is 1. The Bertz CT molecular complexity index is 633. The van der Waals surface area contributed by atoms with Crippen LogP contribution in [-0.2, 0) is 9.53 Å². The highest BCUT2D eigenvalue weighted by atomic mass is 16.5. The van der Waals surface area contributed by atoms with Gasteiger partial charge in [0.25, 0.3) is 0 Å². The number of rotatable bonds is 7. The minimum Gasteiger partial charge on any atom is -0.392 e. The van der Waals surface area contributed by atoms with Gasteiger partial charge in [-0.15, -0.1) is 0 Å². The quantitative estimate of drug-likeness (QED) is 0.492. The smallest absolute Gasteiger partial charge is 0.222 e. The number of aliphatic hydroxyl groups excluding tert-OH is 2. The Labute approximate surface area is 181 Å². The van der Waals surface area contributed by atoms with Crippen molar-refractivity contribution in [1.29, 1.82) is 0 Å². The summed E-state index contributed by atoms with van der Waals surface area (Å²) in [5.41, 5.74) is 1.51. The lowest BCUT2D eigenvalue weighted by Crippen LogP contribution is -2.40. The van der Waals surface area contributed by atoms with Crippen LogP contribution in [0.25, 0.3) is 0 Å². The van der Waals surface area contributed by atoms with E-state index in [1.165, 1.54) is 18.4 Å². The van der Waals surface area contributed by atoms with Crippen LogP contribution in [0.5, 0.6) is 0 Å². The van der Waals surface area contributed by atoms with Crippen LogP contribution in [0.4, 0.5) is 0 Å². The first-order chi connectivity index (χ1) is 14.6. The Morgan fingerprint density at radius 1 is 1.20 bits per heavy atom. The van der Waals surface area contributed by atoms with Crippen molar-refractivity contribution >= 4 is 5.91 Å². The molecular formula is C25H39NO4. The monoisotopic (exact) mass is 417 g/mol. The first-order valence-corrected chi connectivity index (χ1v) is 12.2. The van der Waals surface area contributed by atoms with Gasteiger partial charge >= 0.3 is 0 Å². The highest BCUT2D eigenvalue weighted by molar-refractivity contribution is 5.76. The lowest BCUT2D eigenvalue weighted by Gasteiger charge is -2.26. The molecule has 0 radical (unpaired) electrons. The third kappa shape index (κ3) is 5.35. The Morgan fingerprint density at radius 3 is 2.73 bits per heavy atom. The zero-order valence-corrected chi connectivity index (χ0v) is 18.3. The number of nitrogens with zero attached hydrogens (tertiary/aromatic N) is 1. The number of allylic oxidation sites excluding steroid dienone is 2. The van der Waals surface area contributed by atoms with Crippen LogP contribution < -0.4 is 0 Å². The van der Waals surface area contributed by atoms with Crippen molar-refractivity contribution in [2.45, 2.75) is 76.4 Å². The fourth-order valence-corrected chi connectivity index (χ4v) is 6.17. The number of morpholine rings is 1. The molecule has 4 rings (SSSR count). The van der Waals surface area contributed by atoms with Gasteiger partial charge in [-0.25, -0.2) is 0 Å². The Kier molecular flexibility index (Phi) is 7.66. The number of hydrogen-bond acceptors (Lipinski definition) is 4. The van der Waals surface area contributed by atoms with Crippen LogP contribution >= 0.6 is 0 Å². The number of unbranched alkanes of at least 4 members (excludes halogenated alkanes) is 1. The van der Waals surface area contributed by atoms with E-state index in [4.69, 9.17) is 4.74 Å². The molecule has 1 amide bonds. The molecule has 5 heteroatoms. The fourth-order valence-electron chi connectivity index (χ4n) is 6.17. The second-order valence-electron chi connectivity index (χ2n) is 9.88. The molecule has 1 aliphatic heterocycles. The molecule has 4 aliphatic rings. The molecule has 3 saturated carbocycles. The van der Waals surface area contributed by atoms with Gasteiger partial charge in [0, 0.05) is 25.4 Å². The summed E-state index contributed by atoms with van der Waals surface area (Å²) in [6.45, 7) is 2.79. The molecule has 2 N–H and O–H groups in total. The van der Waals surface area contributed by atoms with Gasteiger partial charge in [0.05, 0.1) is 25.4 Å². The van der Waals surface area contributed by atoms with Crippen molar-refractivity contribution in [3.63, 3.8) is 0 Å². The Morgan fingerprint density at radius 2 is 1.97 bits per heavy atom. The van der Waals surface area contributed by atoms with Gasteiger partial charge in [0.15, 0.2) is 0 Å². The summed E-state index contributed by atoms with van der Waals surface area (Å²) in [7, 11) is 0. The van der Waals surface area contributed by atoms with E-state index < -0.39 is 0 Å². The maximum absolute atomic E-state index is 12.2. The van der Waals surface area contributed by atoms with Crippen LogP contribution in [0.3, 0.4) is 0 Å². The van der Waals surface area contributed by atoms with Crippen molar-refractivity contribution in [1.82, 2.24) is 4.90 Å². The molecule has 0 aromatic heterocycles. The molecule has 5 atom stereocenters. The summed E-state index contributed by atoms with van der Waals surface area (Å²) >= 11 is 0. The summed E-state index contributed by atoms with van der Waals surface area (Å²) in [4.78, 5) is 14.2. The zero-order valence-electron chi connectivity index (χ0n) is 18.3. The number of hydrogen-bond donors (Lipinski definition) is 2. The van der Waals surface area contributed by atoms with Crippen LogP contribution in [0, 0.1) is 23.7 Å². The zero-order chi connectivity index (χ0) is 20.9. The van der Waals surface area contributed by atoms with E-state index in [2.05, 4.69) is 12.2 Å². The van der Waals surface area contributed by atoms with Crippen molar-refractivity contribution in [3.8, 4) is 0 Å². The van der Waals surface area contributed by atoms with Gasteiger partial charge in [-0.2, -0.15) is 0 Å². The second kappa shape index (κ2) is 10.4. The predicted molar refractivity (Wildman–Crippen MR) is 117 cm³/mol. The van der Waals surface area contributed by atoms with E-state index in [9.17, 15) is 15.0 Å². The van der Waals surface area contributed by atoms with E-state index in [0.29, 0.717) is 37.4 Å². The maximum atomic E-state index is 12.2. The first kappa shape index (κ1) is 22.0. The Hall–Kier alpha value is -1.17. The summed E-state index contributed by atoms with van der Waals surface area (Å²) < 4.78 is 5.31. The molecule has 0 spiro atoms. The van der Waals surface area contributed by atoms with Gasteiger partial charge in [-0.05, 0) is 62.7 Å². The van der Waals surface area contributed by atoms with E-state index in [0.717, 1.165) is 58.0 Å². The molecule has 168 valence electrons. The molecule has 0 bridgehead atoms. The molecule has 1 saturated heterocycles. The molecule has 3 aliphatic carbocycles. The third-order valence-electron chi connectivity index (χ3n) is 7.92. The highest BCUT2D eigenvalue weighted by Gasteiger charge is 2.45. The molecule has 0 aromatic rings. The summed E-state index contributed by atoms with van der Waals surface area (Å²) in [6.07, 6.45) is 16.1. The van der Waals surface area contributed by atoms with Gasteiger partial charge in [-0.1, -0.05) is 36.6 Å². The topological polar surface area (TPSA) is 70.0 Å². The van der Waals surface area contributed by atoms with E-state index in [1.807, 2.05) is 11.0 Å². The number of aliphatic hydroxyl groups is 2. The highest BCUT2D eigenvalue weighted by Crippen LogP contribution is 2.50.